The van der Waals surface area contributed by atoms with Gasteiger partial charge < -0.3 is 4.74 Å². The monoisotopic (exact) mass is 365 g/mol. The van der Waals surface area contributed by atoms with Gasteiger partial charge in [-0.3, -0.25) is 0 Å². The maximum Gasteiger partial charge on any atom is 0.240 e. The zero-order chi connectivity index (χ0) is 17.1. The summed E-state index contributed by atoms with van der Waals surface area (Å²) < 4.78 is 67.7. The van der Waals surface area contributed by atoms with Gasteiger partial charge in [-0.25, -0.2) is 25.9 Å². The SMILES string of the molecule is CS(=O)(=O)CCNS(=O)(=O)c1ccc(OC2CCCC2)c(F)c1. The summed E-state index contributed by atoms with van der Waals surface area (Å²) in [6.45, 7) is -0.261. The predicted molar refractivity (Wildman–Crippen MR) is 84.2 cm³/mol. The minimum atomic E-state index is -3.96. The van der Waals surface area contributed by atoms with E-state index in [4.69, 9.17) is 4.74 Å². The normalized spacial score (nSPS) is 16.6. The number of sulfone groups is 1. The highest BCUT2D eigenvalue weighted by Gasteiger charge is 2.21. The first-order valence-corrected chi connectivity index (χ1v) is 10.9. The van der Waals surface area contributed by atoms with Gasteiger partial charge in [0.15, 0.2) is 11.6 Å². The molecule has 23 heavy (non-hydrogen) atoms. The summed E-state index contributed by atoms with van der Waals surface area (Å²) >= 11 is 0. The molecule has 0 aromatic heterocycles. The summed E-state index contributed by atoms with van der Waals surface area (Å²) in [6, 6.07) is 3.42. The largest absolute Gasteiger partial charge is 0.487 e. The molecule has 0 radical (unpaired) electrons. The molecule has 1 aliphatic carbocycles. The van der Waals surface area contributed by atoms with Gasteiger partial charge in [0.2, 0.25) is 10.0 Å². The van der Waals surface area contributed by atoms with Gasteiger partial charge in [0.1, 0.15) is 9.84 Å². The lowest BCUT2D eigenvalue weighted by atomic mass is 10.3. The third-order valence-electron chi connectivity index (χ3n) is 3.57. The van der Waals surface area contributed by atoms with Gasteiger partial charge in [-0.15, -0.1) is 0 Å². The number of hydrogen-bond acceptors (Lipinski definition) is 5. The van der Waals surface area contributed by atoms with E-state index in [2.05, 4.69) is 4.72 Å². The Morgan fingerprint density at radius 1 is 1.22 bits per heavy atom. The lowest BCUT2D eigenvalue weighted by Crippen LogP contribution is -2.29. The second-order valence-corrected chi connectivity index (χ2v) is 9.67. The van der Waals surface area contributed by atoms with Crippen molar-refractivity contribution >= 4 is 19.9 Å². The molecule has 0 spiro atoms. The Labute approximate surface area is 136 Å². The second-order valence-electron chi connectivity index (χ2n) is 5.64. The van der Waals surface area contributed by atoms with Crippen LogP contribution in [0, 0.1) is 5.82 Å². The van der Waals surface area contributed by atoms with Gasteiger partial charge in [-0.05, 0) is 43.9 Å². The van der Waals surface area contributed by atoms with Crippen LogP contribution in [0.2, 0.25) is 0 Å². The fraction of sp³-hybridized carbons (Fsp3) is 0.571. The Morgan fingerprint density at radius 2 is 1.87 bits per heavy atom. The van der Waals surface area contributed by atoms with Gasteiger partial charge in [0, 0.05) is 12.8 Å². The van der Waals surface area contributed by atoms with Crippen molar-refractivity contribution in [2.24, 2.45) is 0 Å². The molecule has 1 saturated carbocycles. The van der Waals surface area contributed by atoms with E-state index in [-0.39, 0.29) is 29.0 Å². The van der Waals surface area contributed by atoms with E-state index in [0.717, 1.165) is 38.0 Å². The molecule has 1 aliphatic rings. The molecule has 0 atom stereocenters. The highest BCUT2D eigenvalue weighted by atomic mass is 32.2. The summed E-state index contributed by atoms with van der Waals surface area (Å²) in [5, 5.41) is 0. The number of nitrogens with one attached hydrogen (secondary N) is 1. The van der Waals surface area contributed by atoms with Gasteiger partial charge in [-0.2, -0.15) is 0 Å². The van der Waals surface area contributed by atoms with Crippen LogP contribution in [0.5, 0.6) is 5.75 Å². The Morgan fingerprint density at radius 3 is 2.43 bits per heavy atom. The van der Waals surface area contributed by atoms with Crippen molar-refractivity contribution in [3.8, 4) is 5.75 Å². The zero-order valence-electron chi connectivity index (χ0n) is 12.8. The molecule has 6 nitrogen and oxygen atoms in total. The van der Waals surface area contributed by atoms with Crippen LogP contribution in [-0.2, 0) is 19.9 Å². The standard InChI is InChI=1S/C14H20FNO5S2/c1-22(17,18)9-8-16-23(19,20)12-6-7-14(13(15)10-12)21-11-4-2-3-5-11/h6-7,10-11,16H,2-5,8-9H2,1H3. The van der Waals surface area contributed by atoms with E-state index in [9.17, 15) is 21.2 Å². The molecule has 0 heterocycles. The number of rotatable bonds is 7. The van der Waals surface area contributed by atoms with E-state index >= 15 is 0 Å². The number of sulfonamides is 1. The van der Waals surface area contributed by atoms with Crippen molar-refractivity contribution in [3.63, 3.8) is 0 Å². The van der Waals surface area contributed by atoms with Crippen LogP contribution in [0.25, 0.3) is 0 Å². The quantitative estimate of drug-likeness (QED) is 0.790. The Bertz CT molecular complexity index is 755. The molecular weight excluding hydrogens is 345 g/mol. The fourth-order valence-corrected chi connectivity index (χ4v) is 4.02. The molecule has 1 aromatic carbocycles. The molecule has 1 N–H and O–H groups in total. The molecule has 0 unspecified atom stereocenters. The van der Waals surface area contributed by atoms with Crippen LogP contribution in [0.1, 0.15) is 25.7 Å². The van der Waals surface area contributed by atoms with Gasteiger partial charge in [0.05, 0.1) is 16.8 Å². The minimum absolute atomic E-state index is 0.0279. The molecule has 0 saturated heterocycles. The molecule has 2 rings (SSSR count). The van der Waals surface area contributed by atoms with Gasteiger partial charge in [-0.1, -0.05) is 0 Å². The molecule has 1 aromatic rings. The number of hydrogen-bond donors (Lipinski definition) is 1. The predicted octanol–water partition coefficient (Wildman–Crippen LogP) is 1.47. The van der Waals surface area contributed by atoms with Crippen molar-refractivity contribution in [2.45, 2.75) is 36.7 Å². The number of ether oxygens (including phenoxy) is 1. The van der Waals surface area contributed by atoms with Crippen LogP contribution < -0.4 is 9.46 Å². The summed E-state index contributed by atoms with van der Waals surface area (Å²) in [4.78, 5) is -0.262. The third-order valence-corrected chi connectivity index (χ3v) is 5.98. The minimum Gasteiger partial charge on any atom is -0.487 e. The Balaban J connectivity index is 2.05. The first-order valence-electron chi connectivity index (χ1n) is 7.31. The Hall–Kier alpha value is -1.19. The van der Waals surface area contributed by atoms with Crippen molar-refractivity contribution in [2.75, 3.05) is 18.6 Å². The molecule has 0 bridgehead atoms. The lowest BCUT2D eigenvalue weighted by Gasteiger charge is -2.14. The van der Waals surface area contributed by atoms with Crippen molar-refractivity contribution in [1.82, 2.24) is 4.72 Å². The van der Waals surface area contributed by atoms with E-state index in [1.165, 1.54) is 12.1 Å². The summed E-state index contributed by atoms with van der Waals surface area (Å²) in [6.07, 6.45) is 4.81. The number of benzene rings is 1. The third kappa shape index (κ3) is 5.43. The average molecular weight is 365 g/mol. The van der Waals surface area contributed by atoms with Crippen molar-refractivity contribution in [1.29, 1.82) is 0 Å². The van der Waals surface area contributed by atoms with E-state index in [1.807, 2.05) is 0 Å². The van der Waals surface area contributed by atoms with E-state index < -0.39 is 25.7 Å². The van der Waals surface area contributed by atoms with Crippen molar-refractivity contribution in [3.05, 3.63) is 24.0 Å². The van der Waals surface area contributed by atoms with Crippen LogP contribution >= 0.6 is 0 Å². The highest BCUT2D eigenvalue weighted by molar-refractivity contribution is 7.91. The molecule has 1 fully saturated rings. The first kappa shape index (κ1) is 18.2. The van der Waals surface area contributed by atoms with E-state index in [1.54, 1.807) is 0 Å². The van der Waals surface area contributed by atoms with Gasteiger partial charge >= 0.3 is 0 Å². The Kier molecular flexibility index (Phi) is 5.64. The summed E-state index contributed by atoms with van der Waals surface area (Å²) in [5.74, 6) is -1.03. The smallest absolute Gasteiger partial charge is 0.240 e. The summed E-state index contributed by atoms with van der Waals surface area (Å²) in [7, 11) is -7.24. The molecule has 130 valence electrons. The zero-order valence-corrected chi connectivity index (χ0v) is 14.4. The van der Waals surface area contributed by atoms with Crippen LogP contribution in [0.15, 0.2) is 23.1 Å². The average Bonchev–Trinajstić information content (AvgIpc) is 2.92. The lowest BCUT2D eigenvalue weighted by molar-refractivity contribution is 0.200. The molecule has 0 aliphatic heterocycles. The van der Waals surface area contributed by atoms with Crippen LogP contribution in [0.4, 0.5) is 4.39 Å². The van der Waals surface area contributed by atoms with Crippen LogP contribution in [0.3, 0.4) is 0 Å². The first-order chi connectivity index (χ1) is 10.7. The molecule has 0 amide bonds. The molecule has 9 heteroatoms. The topological polar surface area (TPSA) is 89.5 Å². The van der Waals surface area contributed by atoms with Crippen molar-refractivity contribution < 1.29 is 26.0 Å². The number of halogens is 1. The van der Waals surface area contributed by atoms with Crippen LogP contribution in [-0.4, -0.2) is 41.5 Å². The highest BCUT2D eigenvalue weighted by Crippen LogP contribution is 2.27. The fourth-order valence-electron chi connectivity index (χ4n) is 2.37. The second kappa shape index (κ2) is 7.14. The maximum atomic E-state index is 14.0. The summed E-state index contributed by atoms with van der Waals surface area (Å²) in [5.41, 5.74) is 0. The maximum absolute atomic E-state index is 14.0. The van der Waals surface area contributed by atoms with E-state index in [0.29, 0.717) is 0 Å². The molecular formula is C14H20FNO5S2. The van der Waals surface area contributed by atoms with Gasteiger partial charge in [0.25, 0.3) is 0 Å².